The van der Waals surface area contributed by atoms with E-state index < -0.39 is 18.4 Å². The van der Waals surface area contributed by atoms with Gasteiger partial charge in [-0.2, -0.15) is 8.28 Å². The summed E-state index contributed by atoms with van der Waals surface area (Å²) >= 11 is -0.176. The molecule has 2 heterocycles. The van der Waals surface area contributed by atoms with Crippen molar-refractivity contribution in [3.05, 3.63) is 71.4 Å². The van der Waals surface area contributed by atoms with Gasteiger partial charge < -0.3 is 4.74 Å². The third kappa shape index (κ3) is 6.76. The van der Waals surface area contributed by atoms with E-state index in [9.17, 15) is 17.9 Å². The summed E-state index contributed by atoms with van der Waals surface area (Å²) in [6, 6.07) is 7.43. The molecular formula is C24H21F2N5O3S. The first-order chi connectivity index (χ1) is 16.8. The third-order valence-electron chi connectivity index (χ3n) is 4.53. The van der Waals surface area contributed by atoms with Crippen molar-refractivity contribution in [1.82, 2.24) is 19.7 Å². The van der Waals surface area contributed by atoms with Crippen LogP contribution in [0.1, 0.15) is 31.7 Å². The lowest BCUT2D eigenvalue weighted by Crippen LogP contribution is -2.14. The topological polar surface area (TPSA) is 99.3 Å². The van der Waals surface area contributed by atoms with E-state index in [2.05, 4.69) is 26.8 Å². The second kappa shape index (κ2) is 11.9. The molecule has 0 bridgehead atoms. The number of halogens is 2. The molecule has 0 saturated heterocycles. The van der Waals surface area contributed by atoms with E-state index in [1.54, 1.807) is 26.1 Å². The fourth-order valence-electron chi connectivity index (χ4n) is 3.07. The number of ether oxygens (including phenoxy) is 1. The summed E-state index contributed by atoms with van der Waals surface area (Å²) in [4.78, 5) is 35.8. The molecule has 3 aromatic rings. The molecule has 0 unspecified atom stereocenters. The number of hydrogen-bond donors (Lipinski definition) is 0. The number of carbonyl (C=O) groups excluding carboxylic acids is 2. The lowest BCUT2D eigenvalue weighted by atomic mass is 10.0. The van der Waals surface area contributed by atoms with E-state index in [0.717, 1.165) is 5.39 Å². The Kier molecular flexibility index (Phi) is 8.74. The van der Waals surface area contributed by atoms with Crippen LogP contribution in [-0.2, 0) is 14.3 Å². The molecule has 0 aliphatic heterocycles. The molecule has 0 aliphatic rings. The van der Waals surface area contributed by atoms with Crippen LogP contribution in [0.15, 0.2) is 65.0 Å². The molecule has 0 fully saturated rings. The van der Waals surface area contributed by atoms with E-state index >= 15 is 0 Å². The van der Waals surface area contributed by atoms with E-state index in [-0.39, 0.29) is 40.3 Å². The van der Waals surface area contributed by atoms with Gasteiger partial charge in [0.2, 0.25) is 0 Å². The van der Waals surface area contributed by atoms with Gasteiger partial charge >= 0.3 is 12.0 Å². The van der Waals surface area contributed by atoms with Gasteiger partial charge in [0.05, 0.1) is 23.6 Å². The van der Waals surface area contributed by atoms with Crippen molar-refractivity contribution in [2.24, 2.45) is 4.99 Å². The highest BCUT2D eigenvalue weighted by Crippen LogP contribution is 2.27. The van der Waals surface area contributed by atoms with Crippen molar-refractivity contribution in [2.45, 2.75) is 26.4 Å². The second-order valence-corrected chi connectivity index (χ2v) is 7.93. The maximum absolute atomic E-state index is 13.1. The van der Waals surface area contributed by atoms with Crippen molar-refractivity contribution in [1.29, 1.82) is 0 Å². The predicted molar refractivity (Wildman–Crippen MR) is 132 cm³/mol. The third-order valence-corrected chi connectivity index (χ3v) is 4.93. The van der Waals surface area contributed by atoms with Gasteiger partial charge in [0.25, 0.3) is 0 Å². The minimum Gasteiger partial charge on any atom is -0.459 e. The molecule has 1 aromatic carbocycles. The molecular weight excluding hydrogens is 476 g/mol. The number of benzene rings is 1. The van der Waals surface area contributed by atoms with E-state index in [0.29, 0.717) is 11.1 Å². The van der Waals surface area contributed by atoms with Gasteiger partial charge in [-0.15, -0.1) is 5.10 Å². The lowest BCUT2D eigenvalue weighted by molar-refractivity contribution is -0.140. The molecule has 0 aliphatic carbocycles. The maximum Gasteiger partial charge on any atom is 0.340 e. The minimum absolute atomic E-state index is 0.0499. The Morgan fingerprint density at radius 3 is 2.71 bits per heavy atom. The van der Waals surface area contributed by atoms with Gasteiger partial charge in [-0.05, 0) is 38.8 Å². The Balaban J connectivity index is 2.11. The fraction of sp³-hybridized carbons (Fsp3) is 0.167. The van der Waals surface area contributed by atoms with Crippen LogP contribution in [0, 0.1) is 0 Å². The summed E-state index contributed by atoms with van der Waals surface area (Å²) in [6.07, 6.45) is 5.83. The van der Waals surface area contributed by atoms with Gasteiger partial charge in [-0.25, -0.2) is 14.5 Å². The van der Waals surface area contributed by atoms with Crippen LogP contribution in [-0.4, -0.2) is 44.6 Å². The summed E-state index contributed by atoms with van der Waals surface area (Å²) in [5.74, 6) is -0.534. The van der Waals surface area contributed by atoms with Crippen LogP contribution in [0.5, 0.6) is 0 Å². The smallest absolute Gasteiger partial charge is 0.340 e. The normalized spacial score (nSPS) is 12.8. The highest BCUT2D eigenvalue weighted by Gasteiger charge is 2.19. The van der Waals surface area contributed by atoms with Gasteiger partial charge in [-0.1, -0.05) is 24.3 Å². The molecule has 0 radical (unpaired) electrons. The number of carbonyl (C=O) groups is 2. The zero-order chi connectivity index (χ0) is 25.4. The average Bonchev–Trinajstić information content (AvgIpc) is 3.30. The number of pyridine rings is 1. The number of esters is 1. The van der Waals surface area contributed by atoms with E-state index in [1.165, 1.54) is 29.4 Å². The van der Waals surface area contributed by atoms with Crippen molar-refractivity contribution >= 4 is 59.1 Å². The number of aliphatic imine (C=N–C) groups is 1. The Morgan fingerprint density at radius 1 is 1.26 bits per heavy atom. The van der Waals surface area contributed by atoms with E-state index in [1.807, 2.05) is 24.3 Å². The second-order valence-electron chi connectivity index (χ2n) is 7.36. The first kappa shape index (κ1) is 25.6. The average molecular weight is 498 g/mol. The van der Waals surface area contributed by atoms with Gasteiger partial charge in [0.15, 0.2) is 5.82 Å². The molecule has 0 spiro atoms. The molecule has 35 heavy (non-hydrogen) atoms. The van der Waals surface area contributed by atoms with Crippen molar-refractivity contribution in [2.75, 3.05) is 0 Å². The fourth-order valence-corrected chi connectivity index (χ4v) is 3.29. The Bertz CT molecular complexity index is 1340. The molecule has 8 nitrogen and oxygen atoms in total. The quantitative estimate of drug-likeness (QED) is 0.125. The number of fused-ring (bicyclic) bond motifs is 1. The van der Waals surface area contributed by atoms with Gasteiger partial charge in [0.1, 0.15) is 23.5 Å². The largest absolute Gasteiger partial charge is 0.459 e. The molecule has 3 rings (SSSR count). The number of para-hydroxylation sites is 1. The summed E-state index contributed by atoms with van der Waals surface area (Å²) in [7, 11) is 0. The zero-order valence-electron chi connectivity index (χ0n) is 18.9. The van der Waals surface area contributed by atoms with Gasteiger partial charge in [0, 0.05) is 28.9 Å². The first-order valence-corrected chi connectivity index (χ1v) is 11.1. The number of rotatable bonds is 10. The number of aromatic nitrogens is 4. The van der Waals surface area contributed by atoms with Crippen LogP contribution in [0.4, 0.5) is 8.28 Å². The summed E-state index contributed by atoms with van der Waals surface area (Å²) in [6.45, 7) is 6.73. The molecule has 0 amide bonds. The highest BCUT2D eigenvalue weighted by molar-refractivity contribution is 7.98. The van der Waals surface area contributed by atoms with Crippen LogP contribution >= 0.6 is 12.1 Å². The minimum atomic E-state index is -1.58. The van der Waals surface area contributed by atoms with Crippen molar-refractivity contribution in [3.63, 3.8) is 0 Å². The zero-order valence-corrected chi connectivity index (χ0v) is 19.7. The van der Waals surface area contributed by atoms with Gasteiger partial charge in [-0.3, -0.25) is 14.8 Å². The lowest BCUT2D eigenvalue weighted by Gasteiger charge is -2.13. The molecule has 2 aromatic heterocycles. The molecule has 0 N–H and O–H groups in total. The summed E-state index contributed by atoms with van der Waals surface area (Å²) in [5, 5.41) is 4.89. The monoisotopic (exact) mass is 497 g/mol. The Hall–Kier alpha value is -3.99. The van der Waals surface area contributed by atoms with Crippen LogP contribution in [0.25, 0.3) is 28.2 Å². The highest BCUT2D eigenvalue weighted by atomic mass is 32.2. The van der Waals surface area contributed by atoms with Crippen LogP contribution in [0.2, 0.25) is 0 Å². The van der Waals surface area contributed by atoms with Crippen LogP contribution in [0.3, 0.4) is 0 Å². The first-order valence-electron chi connectivity index (χ1n) is 10.4. The molecule has 0 saturated carbocycles. The number of nitrogens with zero attached hydrogens (tertiary/aromatic N) is 5. The standard InChI is InChI=1S/C24H21F2N5O3S/c1-15(2)34-24(33)19(17-10-11-28-20-7-5-4-6-18(17)20)13-31-14-29-23(30-31)16(8-9-21(25)32)12-22(27-3)35-26/h4-8,10-15H,3,9H2,1-2H3/b16-8+,19-13+,22-12+. The summed E-state index contributed by atoms with van der Waals surface area (Å²) in [5.41, 5.74) is 1.61. The molecule has 0 atom stereocenters. The summed E-state index contributed by atoms with van der Waals surface area (Å²) < 4.78 is 32.6. The molecule has 180 valence electrons. The Morgan fingerprint density at radius 2 is 2.03 bits per heavy atom. The predicted octanol–water partition coefficient (Wildman–Crippen LogP) is 5.21. The van der Waals surface area contributed by atoms with E-state index in [4.69, 9.17) is 4.74 Å². The number of allylic oxidation sites excluding steroid dienone is 3. The Labute approximate surface area is 204 Å². The molecule has 11 heteroatoms. The van der Waals surface area contributed by atoms with Crippen molar-refractivity contribution < 1.29 is 22.6 Å². The van der Waals surface area contributed by atoms with Crippen molar-refractivity contribution in [3.8, 4) is 0 Å². The van der Waals surface area contributed by atoms with Crippen LogP contribution < -0.4 is 0 Å². The number of hydrogen-bond acceptors (Lipinski definition) is 8. The SMILES string of the molecule is C=N/C(=C\C(=C/CC(=O)F)c1ncn(/C=C(/C(=O)OC(C)C)c2ccnc3ccccc23)n1)SF. The maximum atomic E-state index is 13.1.